The number of hydrogen-bond donors (Lipinski definition) is 3. The normalized spacial score (nSPS) is 21.9. The van der Waals surface area contributed by atoms with Gasteiger partial charge in [0.1, 0.15) is 6.04 Å². The molecule has 2 aromatic rings. The van der Waals surface area contributed by atoms with Crippen LogP contribution in [-0.4, -0.2) is 33.0 Å². The molecule has 0 aliphatic carbocycles. The van der Waals surface area contributed by atoms with Crippen LogP contribution in [0, 0.1) is 11.1 Å². The summed E-state index contributed by atoms with van der Waals surface area (Å²) >= 11 is 1.31. The maximum Gasteiger partial charge on any atom is 0.332 e. The second-order valence-corrected chi connectivity index (χ2v) is 7.42. The van der Waals surface area contributed by atoms with Gasteiger partial charge in [-0.3, -0.25) is 9.97 Å². The van der Waals surface area contributed by atoms with Crippen LogP contribution >= 0.6 is 11.3 Å². The van der Waals surface area contributed by atoms with Gasteiger partial charge in [-0.1, -0.05) is 30.3 Å². The number of thiazole rings is 1. The summed E-state index contributed by atoms with van der Waals surface area (Å²) in [6.45, 7) is 1.68. The highest BCUT2D eigenvalue weighted by Crippen LogP contribution is 2.30. The molecule has 1 aliphatic rings. The van der Waals surface area contributed by atoms with Crippen molar-refractivity contribution in [3.8, 4) is 0 Å². The molecule has 1 amide bonds. The number of carboxylic acid groups (broad SMARTS) is 1. The van der Waals surface area contributed by atoms with Gasteiger partial charge in [-0.2, -0.15) is 5.01 Å². The van der Waals surface area contributed by atoms with Crippen molar-refractivity contribution < 1.29 is 19.9 Å². The number of aromatic nitrogens is 1. The van der Waals surface area contributed by atoms with E-state index in [-0.39, 0.29) is 0 Å². The van der Waals surface area contributed by atoms with Crippen LogP contribution < -0.4 is 10.9 Å². The predicted octanol–water partition coefficient (Wildman–Crippen LogP) is 0.628. The van der Waals surface area contributed by atoms with Crippen LogP contribution in [0.5, 0.6) is 0 Å². The average Bonchev–Trinajstić information content (AvgIpc) is 3.04. The third-order valence-electron chi connectivity index (χ3n) is 4.65. The minimum atomic E-state index is -1.16. The highest BCUT2D eigenvalue weighted by atomic mass is 32.1. The SMILES string of the molecule is C[C@H](c1ccccc1)[NH+]([O-])N1C(=O)[C@H](CCc2cnc(N)s2)[C@H]1C(=O)O. The number of hydroxylamine groups is 1. The van der Waals surface area contributed by atoms with Crippen LogP contribution in [0.15, 0.2) is 36.5 Å². The highest BCUT2D eigenvalue weighted by molar-refractivity contribution is 7.15. The van der Waals surface area contributed by atoms with Gasteiger partial charge in [0.05, 0.1) is 5.92 Å². The van der Waals surface area contributed by atoms with Gasteiger partial charge >= 0.3 is 5.97 Å². The molecule has 0 saturated carbocycles. The summed E-state index contributed by atoms with van der Waals surface area (Å²) in [5.41, 5.74) is 6.33. The van der Waals surface area contributed by atoms with E-state index in [4.69, 9.17) is 5.73 Å². The fraction of sp³-hybridized carbons (Fsp3) is 0.353. The van der Waals surface area contributed by atoms with Gasteiger partial charge in [0.25, 0.3) is 5.91 Å². The van der Waals surface area contributed by atoms with E-state index in [0.29, 0.717) is 18.0 Å². The number of nitrogens with one attached hydrogen (secondary N) is 1. The first-order chi connectivity index (χ1) is 12.4. The molecule has 1 unspecified atom stereocenters. The smallest absolute Gasteiger partial charge is 0.332 e. The van der Waals surface area contributed by atoms with Crippen molar-refractivity contribution in [1.29, 1.82) is 0 Å². The number of anilines is 1. The number of nitrogens with zero attached hydrogens (tertiary/aromatic N) is 2. The van der Waals surface area contributed by atoms with Crippen molar-refractivity contribution in [2.24, 2.45) is 5.92 Å². The summed E-state index contributed by atoms with van der Waals surface area (Å²) in [5, 5.41) is 23.1. The molecule has 4 N–H and O–H groups in total. The second kappa shape index (κ2) is 7.40. The largest absolute Gasteiger partial charge is 0.607 e. The number of hydrogen-bond acceptors (Lipinski definition) is 6. The Bertz CT molecular complexity index is 797. The zero-order valence-corrected chi connectivity index (χ0v) is 15.0. The number of aliphatic carboxylic acids is 1. The molecule has 26 heavy (non-hydrogen) atoms. The lowest BCUT2D eigenvalue weighted by Gasteiger charge is -2.50. The van der Waals surface area contributed by atoms with E-state index >= 15 is 0 Å². The molecule has 8 nitrogen and oxygen atoms in total. The van der Waals surface area contributed by atoms with Crippen molar-refractivity contribution in [2.45, 2.75) is 31.8 Å². The topological polar surface area (TPSA) is 124 Å². The fourth-order valence-corrected chi connectivity index (χ4v) is 3.89. The van der Waals surface area contributed by atoms with Crippen LogP contribution in [0.4, 0.5) is 5.13 Å². The lowest BCUT2D eigenvalue weighted by Crippen LogP contribution is -3.18. The summed E-state index contributed by atoms with van der Waals surface area (Å²) in [6.07, 6.45) is 2.48. The zero-order chi connectivity index (χ0) is 18.8. The number of carbonyl (C=O) groups is 2. The number of benzene rings is 1. The van der Waals surface area contributed by atoms with Crippen molar-refractivity contribution in [3.63, 3.8) is 0 Å². The first kappa shape index (κ1) is 18.3. The van der Waals surface area contributed by atoms with Crippen molar-refractivity contribution in [2.75, 3.05) is 5.73 Å². The molecule has 2 heterocycles. The molecule has 1 aromatic heterocycles. The maximum atomic E-state index is 12.7. The van der Waals surface area contributed by atoms with E-state index < -0.39 is 35.1 Å². The Kier molecular flexibility index (Phi) is 5.21. The van der Waals surface area contributed by atoms with Crippen molar-refractivity contribution >= 4 is 28.3 Å². The third kappa shape index (κ3) is 3.41. The minimum absolute atomic E-state index is 0.348. The molecule has 3 rings (SSSR count). The molecule has 1 aromatic carbocycles. The molecule has 0 bridgehead atoms. The first-order valence-electron chi connectivity index (χ1n) is 8.25. The van der Waals surface area contributed by atoms with E-state index in [1.165, 1.54) is 11.3 Å². The van der Waals surface area contributed by atoms with Gasteiger partial charge in [0.2, 0.25) is 0 Å². The molecule has 1 saturated heterocycles. The maximum absolute atomic E-state index is 12.7. The van der Waals surface area contributed by atoms with Crippen LogP contribution in [-0.2, 0) is 16.0 Å². The van der Waals surface area contributed by atoms with Gasteiger partial charge in [-0.25, -0.2) is 9.78 Å². The van der Waals surface area contributed by atoms with Gasteiger partial charge in [0, 0.05) is 16.6 Å². The Morgan fingerprint density at radius 3 is 2.73 bits per heavy atom. The molecule has 9 heteroatoms. The molecular weight excluding hydrogens is 356 g/mol. The molecule has 1 fully saturated rings. The number of amides is 1. The lowest BCUT2D eigenvalue weighted by atomic mass is 9.85. The Morgan fingerprint density at radius 1 is 1.46 bits per heavy atom. The summed E-state index contributed by atoms with van der Waals surface area (Å²) in [4.78, 5) is 29.0. The van der Waals surface area contributed by atoms with Crippen molar-refractivity contribution in [3.05, 3.63) is 52.2 Å². The molecule has 0 radical (unpaired) electrons. The summed E-state index contributed by atoms with van der Waals surface area (Å²) < 4.78 is 0. The monoisotopic (exact) mass is 376 g/mol. The molecule has 0 spiro atoms. The van der Waals surface area contributed by atoms with Gasteiger partial charge in [0.15, 0.2) is 11.2 Å². The molecule has 138 valence electrons. The van der Waals surface area contributed by atoms with E-state index in [2.05, 4.69) is 4.98 Å². The number of nitrogen functional groups attached to an aromatic ring is 1. The number of carboxylic acids is 1. The quantitative estimate of drug-likeness (QED) is 0.481. The Morgan fingerprint density at radius 2 is 2.15 bits per heavy atom. The number of nitrogens with two attached hydrogens (primary N) is 1. The van der Waals surface area contributed by atoms with E-state index in [0.717, 1.165) is 15.4 Å². The van der Waals surface area contributed by atoms with Crippen LogP contribution in [0.2, 0.25) is 0 Å². The van der Waals surface area contributed by atoms with Crippen LogP contribution in [0.1, 0.15) is 29.8 Å². The number of carbonyl (C=O) groups excluding carboxylic acids is 1. The summed E-state index contributed by atoms with van der Waals surface area (Å²) in [6, 6.07) is 7.31. The lowest BCUT2D eigenvalue weighted by molar-refractivity contribution is -0.994. The minimum Gasteiger partial charge on any atom is -0.607 e. The first-order valence-corrected chi connectivity index (χ1v) is 9.06. The number of aryl methyl sites for hydroxylation is 1. The molecule has 4 atom stereocenters. The van der Waals surface area contributed by atoms with Gasteiger partial charge in [-0.15, -0.1) is 11.3 Å². The highest BCUT2D eigenvalue weighted by Gasteiger charge is 2.56. The van der Waals surface area contributed by atoms with E-state index in [1.54, 1.807) is 37.4 Å². The van der Waals surface area contributed by atoms with Gasteiger partial charge < -0.3 is 16.0 Å². The second-order valence-electron chi connectivity index (χ2n) is 6.27. The van der Waals surface area contributed by atoms with Gasteiger partial charge in [-0.05, 0) is 19.8 Å². The molecule has 1 aliphatic heterocycles. The average molecular weight is 376 g/mol. The number of β-lactam (4-membered cyclic amide) rings is 1. The standard InChI is InChI=1S/C17H20N4O4S/c1-10(11-5-3-2-4-6-11)21(25)20-14(16(23)24)13(15(20)22)8-7-12-9-19-17(18)26-12/h2-6,9-10,13-14,21H,7-8H2,1H3,(H2,18,19)(H,23,24)/t10-,13-,14+/m1/s1. The summed E-state index contributed by atoms with van der Waals surface area (Å²) in [7, 11) is 0. The predicted molar refractivity (Wildman–Crippen MR) is 95.8 cm³/mol. The number of quaternary nitrogens is 1. The summed E-state index contributed by atoms with van der Waals surface area (Å²) in [5.74, 6) is -2.29. The van der Waals surface area contributed by atoms with Crippen molar-refractivity contribution in [1.82, 2.24) is 9.99 Å². The van der Waals surface area contributed by atoms with Crippen LogP contribution in [0.25, 0.3) is 0 Å². The van der Waals surface area contributed by atoms with E-state index in [1.807, 2.05) is 6.07 Å². The molecular formula is C17H20N4O4S. The Hall–Kier alpha value is -2.49. The third-order valence-corrected chi connectivity index (χ3v) is 5.53. The Balaban J connectivity index is 1.70. The number of rotatable bonds is 7. The van der Waals surface area contributed by atoms with E-state index in [9.17, 15) is 19.9 Å². The Labute approximate surface area is 154 Å². The van der Waals surface area contributed by atoms with Crippen LogP contribution in [0.3, 0.4) is 0 Å². The fourth-order valence-electron chi connectivity index (χ4n) is 3.19. The zero-order valence-electron chi connectivity index (χ0n) is 14.2.